The summed E-state index contributed by atoms with van der Waals surface area (Å²) in [5, 5.41) is 11.8. The molecule has 0 saturated carbocycles. The number of rotatable bonds is 8. The number of hydrogen-bond acceptors (Lipinski definition) is 6. The minimum absolute atomic E-state index is 0.0660. The summed E-state index contributed by atoms with van der Waals surface area (Å²) >= 11 is 1.42. The summed E-state index contributed by atoms with van der Waals surface area (Å²) in [5.74, 6) is 1.86. The van der Waals surface area contributed by atoms with Gasteiger partial charge in [0.15, 0.2) is 0 Å². The average Bonchev–Trinajstić information content (AvgIpc) is 3.20. The van der Waals surface area contributed by atoms with Crippen LogP contribution in [0, 0.1) is 11.3 Å². The molecule has 0 aliphatic carbocycles. The first-order valence-electron chi connectivity index (χ1n) is 9.51. The molecule has 152 valence electrons. The van der Waals surface area contributed by atoms with Crippen LogP contribution in [0.2, 0.25) is 0 Å². The molecule has 1 aliphatic rings. The molecule has 2 aromatic rings. The largest absolute Gasteiger partial charge is 0.497 e. The van der Waals surface area contributed by atoms with Crippen LogP contribution in [0.4, 0.5) is 5.69 Å². The number of nitrogens with one attached hydrogen (secondary N) is 1. The lowest BCUT2D eigenvalue weighted by atomic mass is 10.0. The van der Waals surface area contributed by atoms with Crippen LogP contribution in [0.15, 0.2) is 47.4 Å². The molecular weight excluding hydrogens is 386 g/mol. The second-order valence-corrected chi connectivity index (χ2v) is 7.74. The summed E-state index contributed by atoms with van der Waals surface area (Å²) in [5.41, 5.74) is 1.79. The third-order valence-corrected chi connectivity index (χ3v) is 5.90. The number of nitriles is 1. The van der Waals surface area contributed by atoms with Crippen LogP contribution in [0.5, 0.6) is 11.5 Å². The van der Waals surface area contributed by atoms with Gasteiger partial charge in [-0.1, -0.05) is 12.1 Å². The Labute approximate surface area is 175 Å². The maximum atomic E-state index is 12.8. The van der Waals surface area contributed by atoms with Crippen LogP contribution in [-0.4, -0.2) is 43.9 Å². The van der Waals surface area contributed by atoms with Gasteiger partial charge in [-0.15, -0.1) is 11.8 Å². The molecule has 1 saturated heterocycles. The van der Waals surface area contributed by atoms with E-state index in [4.69, 9.17) is 14.7 Å². The van der Waals surface area contributed by atoms with Crippen molar-refractivity contribution in [2.75, 3.05) is 38.4 Å². The second-order valence-electron chi connectivity index (χ2n) is 6.73. The lowest BCUT2D eigenvalue weighted by molar-refractivity contribution is -0.117. The van der Waals surface area contributed by atoms with Gasteiger partial charge >= 0.3 is 0 Å². The lowest BCUT2D eigenvalue weighted by Gasteiger charge is -2.26. The molecule has 29 heavy (non-hydrogen) atoms. The normalized spacial score (nSPS) is 16.2. The molecule has 3 rings (SSSR count). The van der Waals surface area contributed by atoms with Crippen molar-refractivity contribution in [3.05, 3.63) is 48.0 Å². The number of carbonyl (C=O) groups is 1. The standard InChI is InChI=1S/C22H25N3O3S/c1-27-16-9-10-20(28-2)17(14-16)19-7-5-12-25(19)15-22(26)24-18-6-3-4-8-21(18)29-13-11-23/h3-4,6,8-10,14,19H,5,7,12-13,15H2,1-2H3,(H,24,26)/t19-/m0/s1. The molecule has 1 N–H and O–H groups in total. The zero-order valence-electron chi connectivity index (χ0n) is 16.7. The molecule has 1 amide bonds. The molecule has 0 bridgehead atoms. The van der Waals surface area contributed by atoms with Gasteiger partial charge in [-0.2, -0.15) is 5.26 Å². The van der Waals surface area contributed by atoms with Crippen molar-refractivity contribution < 1.29 is 14.3 Å². The van der Waals surface area contributed by atoms with Crippen LogP contribution in [-0.2, 0) is 4.79 Å². The molecule has 0 spiro atoms. The highest BCUT2D eigenvalue weighted by Gasteiger charge is 2.30. The Morgan fingerprint density at radius 1 is 1.28 bits per heavy atom. The Morgan fingerprint density at radius 2 is 2.10 bits per heavy atom. The Bertz CT molecular complexity index is 897. The molecule has 7 heteroatoms. The van der Waals surface area contributed by atoms with Crippen molar-refractivity contribution in [3.8, 4) is 17.6 Å². The molecule has 0 aromatic heterocycles. The molecule has 2 aromatic carbocycles. The van der Waals surface area contributed by atoms with E-state index in [1.807, 2.05) is 42.5 Å². The minimum Gasteiger partial charge on any atom is -0.497 e. The number of amides is 1. The first-order valence-corrected chi connectivity index (χ1v) is 10.5. The third-order valence-electron chi connectivity index (χ3n) is 4.96. The highest BCUT2D eigenvalue weighted by atomic mass is 32.2. The van der Waals surface area contributed by atoms with E-state index in [1.54, 1.807) is 14.2 Å². The van der Waals surface area contributed by atoms with Crippen LogP contribution >= 0.6 is 11.8 Å². The third kappa shape index (κ3) is 5.22. The van der Waals surface area contributed by atoms with Crippen molar-refractivity contribution in [2.45, 2.75) is 23.8 Å². The number of thioether (sulfide) groups is 1. The fourth-order valence-electron chi connectivity index (χ4n) is 3.65. The molecule has 1 heterocycles. The maximum absolute atomic E-state index is 12.8. The molecular formula is C22H25N3O3S. The van der Waals surface area contributed by atoms with Gasteiger partial charge < -0.3 is 14.8 Å². The highest BCUT2D eigenvalue weighted by Crippen LogP contribution is 2.38. The van der Waals surface area contributed by atoms with E-state index < -0.39 is 0 Å². The van der Waals surface area contributed by atoms with Crippen LogP contribution in [0.3, 0.4) is 0 Å². The second kappa shape index (κ2) is 10.2. The van der Waals surface area contributed by atoms with Crippen molar-refractivity contribution >= 4 is 23.4 Å². The van der Waals surface area contributed by atoms with Gasteiger partial charge in [0.25, 0.3) is 0 Å². The van der Waals surface area contributed by atoms with Crippen molar-refractivity contribution in [1.29, 1.82) is 5.26 Å². The lowest BCUT2D eigenvalue weighted by Crippen LogP contribution is -2.33. The number of anilines is 1. The van der Waals surface area contributed by atoms with E-state index in [-0.39, 0.29) is 11.9 Å². The number of likely N-dealkylation sites (tertiary alicyclic amines) is 1. The summed E-state index contributed by atoms with van der Waals surface area (Å²) < 4.78 is 10.9. The zero-order valence-corrected chi connectivity index (χ0v) is 17.5. The number of benzene rings is 2. The molecule has 1 aliphatic heterocycles. The van der Waals surface area contributed by atoms with Crippen molar-refractivity contribution in [3.63, 3.8) is 0 Å². The van der Waals surface area contributed by atoms with Gasteiger partial charge in [0.2, 0.25) is 5.91 Å². The monoisotopic (exact) mass is 411 g/mol. The first kappa shape index (κ1) is 21.0. The maximum Gasteiger partial charge on any atom is 0.238 e. The average molecular weight is 412 g/mol. The van der Waals surface area contributed by atoms with Crippen molar-refractivity contribution in [1.82, 2.24) is 4.90 Å². The van der Waals surface area contributed by atoms with Gasteiger partial charge in [0.1, 0.15) is 11.5 Å². The summed E-state index contributed by atoms with van der Waals surface area (Å²) in [7, 11) is 3.31. The molecule has 0 unspecified atom stereocenters. The highest BCUT2D eigenvalue weighted by molar-refractivity contribution is 7.99. The number of carbonyl (C=O) groups excluding carboxylic acids is 1. The minimum atomic E-state index is -0.0660. The zero-order chi connectivity index (χ0) is 20.6. The topological polar surface area (TPSA) is 74.6 Å². The number of para-hydroxylation sites is 1. The number of ether oxygens (including phenoxy) is 2. The Morgan fingerprint density at radius 3 is 2.86 bits per heavy atom. The van der Waals surface area contributed by atoms with E-state index in [1.165, 1.54) is 11.8 Å². The first-order chi connectivity index (χ1) is 14.2. The quantitative estimate of drug-likeness (QED) is 0.660. The van der Waals surface area contributed by atoms with E-state index >= 15 is 0 Å². The van der Waals surface area contributed by atoms with Gasteiger partial charge in [-0.05, 0) is 49.7 Å². The van der Waals surface area contributed by atoms with E-state index in [9.17, 15) is 4.79 Å². The predicted molar refractivity (Wildman–Crippen MR) is 115 cm³/mol. The summed E-state index contributed by atoms with van der Waals surface area (Å²) in [6.07, 6.45) is 1.98. The number of methoxy groups -OCH3 is 2. The summed E-state index contributed by atoms with van der Waals surface area (Å²) in [6.45, 7) is 1.14. The fraction of sp³-hybridized carbons (Fsp3) is 0.364. The van der Waals surface area contributed by atoms with Crippen LogP contribution < -0.4 is 14.8 Å². The smallest absolute Gasteiger partial charge is 0.238 e. The van der Waals surface area contributed by atoms with Gasteiger partial charge in [-0.25, -0.2) is 0 Å². The number of hydrogen-bond donors (Lipinski definition) is 1. The van der Waals surface area contributed by atoms with E-state index in [0.717, 1.165) is 47.0 Å². The SMILES string of the molecule is COc1ccc(OC)c([C@@H]2CCCN2CC(=O)Nc2ccccc2SCC#N)c1. The number of nitrogens with zero attached hydrogens (tertiary/aromatic N) is 2. The molecule has 1 fully saturated rings. The molecule has 0 radical (unpaired) electrons. The summed E-state index contributed by atoms with van der Waals surface area (Å²) in [6, 6.07) is 15.6. The van der Waals surface area contributed by atoms with Crippen molar-refractivity contribution in [2.24, 2.45) is 0 Å². The predicted octanol–water partition coefficient (Wildman–Crippen LogP) is 4.10. The molecule has 1 atom stereocenters. The Hall–Kier alpha value is -2.69. The van der Waals surface area contributed by atoms with Crippen LogP contribution in [0.25, 0.3) is 0 Å². The Balaban J connectivity index is 1.72. The Kier molecular flexibility index (Phi) is 7.39. The van der Waals surface area contributed by atoms with E-state index in [2.05, 4.69) is 16.3 Å². The fourth-order valence-corrected chi connectivity index (χ4v) is 4.32. The van der Waals surface area contributed by atoms with Gasteiger partial charge in [0, 0.05) is 16.5 Å². The van der Waals surface area contributed by atoms with E-state index in [0.29, 0.717) is 12.3 Å². The van der Waals surface area contributed by atoms with Gasteiger partial charge in [0.05, 0.1) is 38.3 Å². The van der Waals surface area contributed by atoms with Gasteiger partial charge in [-0.3, -0.25) is 9.69 Å². The van der Waals surface area contributed by atoms with Crippen LogP contribution in [0.1, 0.15) is 24.4 Å². The summed E-state index contributed by atoms with van der Waals surface area (Å²) in [4.78, 5) is 15.8. The molecule has 6 nitrogen and oxygen atoms in total.